The second-order valence-electron chi connectivity index (χ2n) is 5.92. The maximum absolute atomic E-state index is 13.0. The molecule has 2 N–H and O–H groups in total. The average Bonchev–Trinajstić information content (AvgIpc) is 3.14. The van der Waals surface area contributed by atoms with Crippen LogP contribution < -0.4 is 11.3 Å². The van der Waals surface area contributed by atoms with Gasteiger partial charge >= 0.3 is 5.97 Å². The molecule has 9 heteroatoms. The Bertz CT molecular complexity index is 905. The molecule has 2 heterocycles. The van der Waals surface area contributed by atoms with Gasteiger partial charge in [-0.25, -0.2) is 9.78 Å². The monoisotopic (exact) mass is 377 g/mol. The summed E-state index contributed by atoms with van der Waals surface area (Å²) in [5.74, 6) is -1.01. The number of methoxy groups -OCH3 is 1. The summed E-state index contributed by atoms with van der Waals surface area (Å²) in [4.78, 5) is 40.3. The van der Waals surface area contributed by atoms with Gasteiger partial charge in [-0.2, -0.15) is 0 Å². The zero-order valence-electron chi connectivity index (χ0n) is 14.3. The fraction of sp³-hybridized carbons (Fsp3) is 0.412. The largest absolute Gasteiger partial charge is 0.465 e. The van der Waals surface area contributed by atoms with E-state index in [0.29, 0.717) is 34.8 Å². The number of nitrogens with two attached hydrogens (primary N) is 1. The maximum Gasteiger partial charge on any atom is 0.337 e. The Morgan fingerprint density at radius 2 is 2.27 bits per heavy atom. The molecule has 0 bridgehead atoms. The van der Waals surface area contributed by atoms with Gasteiger partial charge in [0, 0.05) is 6.61 Å². The van der Waals surface area contributed by atoms with Crippen molar-refractivity contribution in [2.75, 3.05) is 19.5 Å². The molecule has 0 aliphatic carbocycles. The standard InChI is InChI=1S/C17H19N3O5S/c1-24-16(23)10-4-5-12-13(7-10)19-17(26-9-14(18)21)20(15(12)22)8-11-3-2-6-25-11/h4-5,7,11H,2-3,6,8-9H2,1H3,(H2,18,21)/t11-/m0/s1. The van der Waals surface area contributed by atoms with Crippen LogP contribution in [0, 0.1) is 0 Å². The van der Waals surface area contributed by atoms with Gasteiger partial charge in [-0.1, -0.05) is 11.8 Å². The van der Waals surface area contributed by atoms with Crippen molar-refractivity contribution in [3.63, 3.8) is 0 Å². The van der Waals surface area contributed by atoms with E-state index in [1.165, 1.54) is 23.8 Å². The number of hydrogen-bond acceptors (Lipinski definition) is 7. The summed E-state index contributed by atoms with van der Waals surface area (Å²) in [6, 6.07) is 4.60. The van der Waals surface area contributed by atoms with E-state index in [1.807, 2.05) is 0 Å². The number of carbonyl (C=O) groups excluding carboxylic acids is 2. The number of aromatic nitrogens is 2. The number of thioether (sulfide) groups is 1. The van der Waals surface area contributed by atoms with Gasteiger partial charge in [0.25, 0.3) is 5.56 Å². The minimum atomic E-state index is -0.511. The zero-order valence-corrected chi connectivity index (χ0v) is 15.1. The van der Waals surface area contributed by atoms with E-state index in [1.54, 1.807) is 6.07 Å². The predicted octanol–water partition coefficient (Wildman–Crippen LogP) is 0.939. The van der Waals surface area contributed by atoms with Crippen molar-refractivity contribution in [1.29, 1.82) is 0 Å². The van der Waals surface area contributed by atoms with E-state index in [-0.39, 0.29) is 17.4 Å². The molecule has 0 saturated carbocycles. The lowest BCUT2D eigenvalue weighted by molar-refractivity contribution is -0.115. The molecule has 1 aromatic heterocycles. The van der Waals surface area contributed by atoms with Crippen molar-refractivity contribution >= 4 is 34.5 Å². The third-order valence-corrected chi connectivity index (χ3v) is 5.09. The fourth-order valence-electron chi connectivity index (χ4n) is 2.84. The molecule has 0 radical (unpaired) electrons. The van der Waals surface area contributed by atoms with E-state index in [2.05, 4.69) is 4.98 Å². The number of nitrogens with zero attached hydrogens (tertiary/aromatic N) is 2. The van der Waals surface area contributed by atoms with Crippen molar-refractivity contribution in [3.8, 4) is 0 Å². The number of amides is 1. The van der Waals surface area contributed by atoms with Gasteiger partial charge in [0.15, 0.2) is 5.16 Å². The number of hydrogen-bond donors (Lipinski definition) is 1. The molecular formula is C17H19N3O5S. The highest BCUT2D eigenvalue weighted by Crippen LogP contribution is 2.21. The minimum absolute atomic E-state index is 0.000162. The molecule has 3 rings (SSSR count). The summed E-state index contributed by atoms with van der Waals surface area (Å²) < 4.78 is 11.8. The van der Waals surface area contributed by atoms with E-state index in [0.717, 1.165) is 24.6 Å². The first-order chi connectivity index (χ1) is 12.5. The van der Waals surface area contributed by atoms with Gasteiger partial charge in [-0.3, -0.25) is 14.2 Å². The Hall–Kier alpha value is -2.39. The molecule has 0 spiro atoms. The molecule has 1 atom stereocenters. The van der Waals surface area contributed by atoms with Gasteiger partial charge in [0.1, 0.15) is 0 Å². The number of ether oxygens (including phenoxy) is 2. The van der Waals surface area contributed by atoms with Crippen molar-refractivity contribution in [2.45, 2.75) is 30.6 Å². The second-order valence-corrected chi connectivity index (χ2v) is 6.87. The summed E-state index contributed by atoms with van der Waals surface area (Å²) >= 11 is 1.09. The minimum Gasteiger partial charge on any atom is -0.465 e. The highest BCUT2D eigenvalue weighted by molar-refractivity contribution is 7.99. The Kier molecular flexibility index (Phi) is 5.58. The van der Waals surface area contributed by atoms with Gasteiger partial charge in [-0.15, -0.1) is 0 Å². The lowest BCUT2D eigenvalue weighted by Crippen LogP contribution is -2.29. The highest BCUT2D eigenvalue weighted by atomic mass is 32.2. The predicted molar refractivity (Wildman–Crippen MR) is 96.2 cm³/mol. The molecule has 0 unspecified atom stereocenters. The molecule has 1 saturated heterocycles. The summed E-state index contributed by atoms with van der Waals surface area (Å²) in [5, 5.41) is 0.762. The van der Waals surface area contributed by atoms with Crippen LogP contribution in [0.25, 0.3) is 10.9 Å². The van der Waals surface area contributed by atoms with Crippen LogP contribution in [0.5, 0.6) is 0 Å². The number of fused-ring (bicyclic) bond motifs is 1. The first-order valence-corrected chi connectivity index (χ1v) is 9.13. The van der Waals surface area contributed by atoms with E-state index in [4.69, 9.17) is 15.2 Å². The van der Waals surface area contributed by atoms with Crippen LogP contribution >= 0.6 is 11.8 Å². The van der Waals surface area contributed by atoms with Gasteiger partial charge < -0.3 is 15.2 Å². The van der Waals surface area contributed by atoms with Crippen molar-refractivity contribution in [3.05, 3.63) is 34.1 Å². The summed E-state index contributed by atoms with van der Waals surface area (Å²) in [6.45, 7) is 1.04. The molecule has 1 aliphatic heterocycles. The smallest absolute Gasteiger partial charge is 0.337 e. The van der Waals surface area contributed by atoms with Crippen LogP contribution in [0.3, 0.4) is 0 Å². The Morgan fingerprint density at radius 1 is 1.46 bits per heavy atom. The number of rotatable bonds is 6. The molecule has 1 aromatic carbocycles. The fourth-order valence-corrected chi connectivity index (χ4v) is 3.59. The Balaban J connectivity index is 2.08. The van der Waals surface area contributed by atoms with Gasteiger partial charge in [0.05, 0.1) is 42.0 Å². The molecule has 1 amide bonds. The SMILES string of the molecule is COC(=O)c1ccc2c(=O)n(C[C@@H]3CCCO3)c(SCC(N)=O)nc2c1. The third-order valence-electron chi connectivity index (χ3n) is 4.10. The topological polar surface area (TPSA) is 114 Å². The highest BCUT2D eigenvalue weighted by Gasteiger charge is 2.21. The average molecular weight is 377 g/mol. The quantitative estimate of drug-likeness (QED) is 0.453. The van der Waals surface area contributed by atoms with Gasteiger partial charge in [-0.05, 0) is 31.0 Å². The van der Waals surface area contributed by atoms with Crippen molar-refractivity contribution < 1.29 is 19.1 Å². The summed E-state index contributed by atoms with van der Waals surface area (Å²) in [7, 11) is 1.29. The summed E-state index contributed by atoms with van der Waals surface area (Å²) in [6.07, 6.45) is 1.76. The van der Waals surface area contributed by atoms with E-state index >= 15 is 0 Å². The van der Waals surface area contributed by atoms with Gasteiger partial charge in [0.2, 0.25) is 5.91 Å². The first-order valence-electron chi connectivity index (χ1n) is 8.15. The third kappa shape index (κ3) is 3.88. The Labute approximate surface area is 153 Å². The number of carbonyl (C=O) groups is 2. The summed E-state index contributed by atoms with van der Waals surface area (Å²) in [5.41, 5.74) is 5.65. The van der Waals surface area contributed by atoms with Crippen LogP contribution in [0.4, 0.5) is 0 Å². The van der Waals surface area contributed by atoms with E-state index in [9.17, 15) is 14.4 Å². The van der Waals surface area contributed by atoms with Crippen LogP contribution in [-0.2, 0) is 20.8 Å². The molecule has 138 valence electrons. The van der Waals surface area contributed by atoms with Crippen LogP contribution in [-0.4, -0.2) is 47.0 Å². The number of esters is 1. The lowest BCUT2D eigenvalue weighted by atomic mass is 10.1. The molecule has 1 fully saturated rings. The zero-order chi connectivity index (χ0) is 18.7. The molecule has 8 nitrogen and oxygen atoms in total. The van der Waals surface area contributed by atoms with Crippen molar-refractivity contribution in [2.24, 2.45) is 5.73 Å². The molecule has 26 heavy (non-hydrogen) atoms. The Morgan fingerprint density at radius 3 is 2.92 bits per heavy atom. The normalized spacial score (nSPS) is 16.7. The molecule has 2 aromatic rings. The number of primary amides is 1. The van der Waals surface area contributed by atoms with Crippen LogP contribution in [0.15, 0.2) is 28.2 Å². The second kappa shape index (κ2) is 7.88. The molecule has 1 aliphatic rings. The van der Waals surface area contributed by atoms with E-state index < -0.39 is 11.9 Å². The first kappa shape index (κ1) is 18.4. The van der Waals surface area contributed by atoms with Crippen LogP contribution in [0.1, 0.15) is 23.2 Å². The molecular weight excluding hydrogens is 358 g/mol. The lowest BCUT2D eigenvalue weighted by Gasteiger charge is -2.16. The number of benzene rings is 1. The van der Waals surface area contributed by atoms with Crippen LogP contribution in [0.2, 0.25) is 0 Å². The van der Waals surface area contributed by atoms with Crippen molar-refractivity contribution in [1.82, 2.24) is 9.55 Å². The maximum atomic E-state index is 13.0.